The third kappa shape index (κ3) is 1.97. The largest absolute Gasteiger partial charge is 0.511 e. The molecule has 0 atom stereocenters. The van der Waals surface area contributed by atoms with Crippen molar-refractivity contribution in [2.75, 3.05) is 0 Å². The lowest BCUT2D eigenvalue weighted by molar-refractivity contribution is 0.143. The number of nitrogens with zero attached hydrogens (tertiary/aromatic N) is 1. The van der Waals surface area contributed by atoms with Crippen molar-refractivity contribution in [1.29, 1.82) is 0 Å². The monoisotopic (exact) mass is 259 g/mol. The second-order valence-corrected chi connectivity index (χ2v) is 4.07. The molecule has 0 amide bonds. The van der Waals surface area contributed by atoms with E-state index in [0.717, 1.165) is 6.42 Å². The van der Waals surface area contributed by atoms with Crippen LogP contribution in [-0.4, -0.2) is 16.2 Å². The van der Waals surface area contributed by atoms with E-state index in [9.17, 15) is 9.59 Å². The topological polar surface area (TPSA) is 89.6 Å². The van der Waals surface area contributed by atoms with Crippen LogP contribution in [0.3, 0.4) is 0 Å². The summed E-state index contributed by atoms with van der Waals surface area (Å²) in [5, 5.41) is 8.65. The first-order chi connectivity index (χ1) is 9.15. The Morgan fingerprint density at radius 2 is 2.26 bits per heavy atom. The summed E-state index contributed by atoms with van der Waals surface area (Å²) in [6.45, 7) is 0. The molecule has 0 aromatic heterocycles. The Labute approximate surface area is 107 Å². The molecule has 3 aliphatic rings. The van der Waals surface area contributed by atoms with Crippen molar-refractivity contribution in [2.24, 2.45) is 0 Å². The SMILES string of the molecule is O=C(O)Oc1c2oc3c(nc-2ccc1=O)C=CCC3. The van der Waals surface area contributed by atoms with Gasteiger partial charge < -0.3 is 14.3 Å². The molecule has 1 aliphatic heterocycles. The Kier molecular flexibility index (Phi) is 2.56. The summed E-state index contributed by atoms with van der Waals surface area (Å²) >= 11 is 0. The fraction of sp³-hybridized carbons (Fsp3) is 0.154. The molecule has 0 aromatic carbocycles. The molecule has 2 aliphatic carbocycles. The Morgan fingerprint density at radius 3 is 3.05 bits per heavy atom. The predicted molar refractivity (Wildman–Crippen MR) is 65.4 cm³/mol. The molecule has 0 spiro atoms. The van der Waals surface area contributed by atoms with E-state index < -0.39 is 11.6 Å². The van der Waals surface area contributed by atoms with Crippen LogP contribution in [0.5, 0.6) is 5.75 Å². The molecule has 0 bridgehead atoms. The van der Waals surface area contributed by atoms with Crippen LogP contribution in [-0.2, 0) is 6.42 Å². The molecule has 0 radical (unpaired) electrons. The molecule has 1 heterocycles. The lowest BCUT2D eigenvalue weighted by Crippen LogP contribution is -2.14. The van der Waals surface area contributed by atoms with Crippen LogP contribution in [0.4, 0.5) is 4.79 Å². The van der Waals surface area contributed by atoms with Crippen LogP contribution in [0, 0.1) is 0 Å². The number of hydrogen-bond donors (Lipinski definition) is 1. The summed E-state index contributed by atoms with van der Waals surface area (Å²) < 4.78 is 10.1. The minimum atomic E-state index is -1.56. The van der Waals surface area contributed by atoms with Crippen LogP contribution >= 0.6 is 0 Å². The number of carboxylic acid groups (broad SMARTS) is 1. The lowest BCUT2D eigenvalue weighted by atomic mass is 10.1. The van der Waals surface area contributed by atoms with Crippen LogP contribution in [0.1, 0.15) is 17.9 Å². The number of ether oxygens (including phenoxy) is 1. The minimum Gasteiger partial charge on any atom is -0.453 e. The average Bonchev–Trinajstić information content (AvgIpc) is 2.40. The number of rotatable bonds is 1. The highest BCUT2D eigenvalue weighted by Gasteiger charge is 2.22. The summed E-state index contributed by atoms with van der Waals surface area (Å²) in [5.74, 6) is 0.356. The zero-order chi connectivity index (χ0) is 13.4. The Balaban J connectivity index is 2.26. The first kappa shape index (κ1) is 11.5. The summed E-state index contributed by atoms with van der Waals surface area (Å²) in [7, 11) is 0. The maximum absolute atomic E-state index is 11.6. The molecule has 0 aromatic rings. The van der Waals surface area contributed by atoms with Gasteiger partial charge in [0.15, 0.2) is 5.76 Å². The van der Waals surface area contributed by atoms with E-state index >= 15 is 0 Å². The van der Waals surface area contributed by atoms with Crippen LogP contribution < -0.4 is 10.2 Å². The Morgan fingerprint density at radius 1 is 1.42 bits per heavy atom. The van der Waals surface area contributed by atoms with Crippen molar-refractivity contribution in [3.8, 4) is 17.2 Å². The number of hydrogen-bond acceptors (Lipinski definition) is 5. The van der Waals surface area contributed by atoms with E-state index in [0.29, 0.717) is 23.6 Å². The van der Waals surface area contributed by atoms with Gasteiger partial charge in [-0.15, -0.1) is 0 Å². The van der Waals surface area contributed by atoms with Gasteiger partial charge in [0.1, 0.15) is 17.1 Å². The molecular formula is C13H9NO5. The highest BCUT2D eigenvalue weighted by Crippen LogP contribution is 2.31. The van der Waals surface area contributed by atoms with Crippen molar-refractivity contribution in [3.05, 3.63) is 39.9 Å². The highest BCUT2D eigenvalue weighted by molar-refractivity contribution is 5.70. The number of aromatic nitrogens is 1. The second kappa shape index (κ2) is 4.24. The zero-order valence-electron chi connectivity index (χ0n) is 9.75. The molecule has 19 heavy (non-hydrogen) atoms. The Hall–Kier alpha value is -2.63. The van der Waals surface area contributed by atoms with E-state index in [1.165, 1.54) is 12.1 Å². The number of benzene rings is 1. The van der Waals surface area contributed by atoms with E-state index in [1.807, 2.05) is 12.2 Å². The summed E-state index contributed by atoms with van der Waals surface area (Å²) in [6, 6.07) is 2.70. The van der Waals surface area contributed by atoms with Gasteiger partial charge in [0, 0.05) is 6.42 Å². The van der Waals surface area contributed by atoms with Crippen LogP contribution in [0.25, 0.3) is 17.5 Å². The number of allylic oxidation sites excluding steroid dienone is 1. The zero-order valence-corrected chi connectivity index (χ0v) is 9.75. The minimum absolute atomic E-state index is 0.0731. The maximum Gasteiger partial charge on any atom is 0.511 e. The molecule has 0 fully saturated rings. The van der Waals surface area contributed by atoms with Crippen molar-refractivity contribution in [2.45, 2.75) is 12.8 Å². The highest BCUT2D eigenvalue weighted by atomic mass is 16.7. The van der Waals surface area contributed by atoms with Crippen molar-refractivity contribution in [1.82, 2.24) is 4.98 Å². The molecule has 6 heteroatoms. The number of aryl methyl sites for hydroxylation is 1. The third-order valence-corrected chi connectivity index (χ3v) is 2.81. The average molecular weight is 259 g/mol. The van der Waals surface area contributed by atoms with Crippen molar-refractivity contribution < 1.29 is 19.1 Å². The molecule has 1 N–H and O–H groups in total. The van der Waals surface area contributed by atoms with Gasteiger partial charge in [-0.2, -0.15) is 0 Å². The van der Waals surface area contributed by atoms with Gasteiger partial charge in [0.05, 0.1) is 0 Å². The summed E-state index contributed by atoms with van der Waals surface area (Å²) in [4.78, 5) is 26.6. The van der Waals surface area contributed by atoms with Crippen molar-refractivity contribution in [3.63, 3.8) is 0 Å². The first-order valence-electron chi connectivity index (χ1n) is 5.69. The van der Waals surface area contributed by atoms with Gasteiger partial charge >= 0.3 is 6.16 Å². The molecule has 0 unspecified atom stereocenters. The number of carbonyl (C=O) groups is 1. The van der Waals surface area contributed by atoms with Gasteiger partial charge in [-0.3, -0.25) is 4.79 Å². The third-order valence-electron chi connectivity index (χ3n) is 2.81. The summed E-state index contributed by atoms with van der Waals surface area (Å²) in [5.41, 5.74) is 0.534. The van der Waals surface area contributed by atoms with E-state index in [2.05, 4.69) is 9.72 Å². The van der Waals surface area contributed by atoms with Gasteiger partial charge in [-0.05, 0) is 24.6 Å². The fourth-order valence-corrected chi connectivity index (χ4v) is 1.99. The van der Waals surface area contributed by atoms with E-state index in [1.54, 1.807) is 0 Å². The molecule has 3 rings (SSSR count). The van der Waals surface area contributed by atoms with Gasteiger partial charge in [-0.25, -0.2) is 9.78 Å². The van der Waals surface area contributed by atoms with Gasteiger partial charge in [0.25, 0.3) is 0 Å². The smallest absolute Gasteiger partial charge is 0.453 e. The predicted octanol–water partition coefficient (Wildman–Crippen LogP) is 2.16. The van der Waals surface area contributed by atoms with Gasteiger partial charge in [0.2, 0.25) is 11.2 Å². The molecule has 96 valence electrons. The molecule has 0 saturated carbocycles. The van der Waals surface area contributed by atoms with Crippen LogP contribution in [0.15, 0.2) is 27.4 Å². The van der Waals surface area contributed by atoms with Gasteiger partial charge in [-0.1, -0.05) is 6.08 Å². The van der Waals surface area contributed by atoms with E-state index in [4.69, 9.17) is 9.52 Å². The standard InChI is InChI=1S/C13H9NO5/c15-9-6-5-8-11(12(9)19-13(16)17)18-10-4-2-1-3-7(10)14-8/h1,3,5-6H,2,4H2,(H,16,17). The fourth-order valence-electron chi connectivity index (χ4n) is 1.99. The Bertz CT molecular complexity index is 716. The number of fused-ring (bicyclic) bond motifs is 2. The summed E-state index contributed by atoms with van der Waals surface area (Å²) in [6.07, 6.45) is 3.73. The first-order valence-corrected chi connectivity index (χ1v) is 5.69. The maximum atomic E-state index is 11.6. The molecular weight excluding hydrogens is 250 g/mol. The van der Waals surface area contributed by atoms with Crippen molar-refractivity contribution >= 4 is 12.2 Å². The van der Waals surface area contributed by atoms with Crippen LogP contribution in [0.2, 0.25) is 0 Å². The lowest BCUT2D eigenvalue weighted by Gasteiger charge is -2.14. The quantitative estimate of drug-likeness (QED) is 0.623. The molecule has 0 saturated heterocycles. The second-order valence-electron chi connectivity index (χ2n) is 4.07. The molecule has 6 nitrogen and oxygen atoms in total. The van der Waals surface area contributed by atoms with E-state index in [-0.39, 0.29) is 11.5 Å². The normalized spacial score (nSPS) is 13.3.